The fraction of sp³-hybridized carbons (Fsp3) is 0.250. The number of pyridine rings is 1. The molecular formula is C16H17Cl2N3O2S. The molecule has 0 aliphatic rings. The van der Waals surface area contributed by atoms with Gasteiger partial charge in [0, 0.05) is 11.9 Å². The van der Waals surface area contributed by atoms with Crippen molar-refractivity contribution in [1.29, 1.82) is 0 Å². The van der Waals surface area contributed by atoms with Crippen LogP contribution in [0.25, 0.3) is 0 Å². The quantitative estimate of drug-likeness (QED) is 0.746. The molecule has 0 spiro atoms. The molecule has 1 amide bonds. The fourth-order valence-corrected chi connectivity index (χ4v) is 2.71. The van der Waals surface area contributed by atoms with Gasteiger partial charge in [-0.05, 0) is 48.8 Å². The number of thioether (sulfide) groups is 1. The van der Waals surface area contributed by atoms with Crippen LogP contribution in [0.3, 0.4) is 0 Å². The summed E-state index contributed by atoms with van der Waals surface area (Å²) in [5.74, 6) is 1.43. The first-order valence-electron chi connectivity index (χ1n) is 7.14. The van der Waals surface area contributed by atoms with E-state index in [9.17, 15) is 4.79 Å². The molecule has 3 N–H and O–H groups in total. The first-order chi connectivity index (χ1) is 11.5. The first-order valence-corrected chi connectivity index (χ1v) is 9.29. The van der Waals surface area contributed by atoms with Crippen LogP contribution in [-0.4, -0.2) is 28.9 Å². The van der Waals surface area contributed by atoms with E-state index in [2.05, 4.69) is 10.3 Å². The molecule has 1 aromatic carbocycles. The Morgan fingerprint density at radius 3 is 2.71 bits per heavy atom. The van der Waals surface area contributed by atoms with Crippen molar-refractivity contribution in [3.8, 4) is 11.6 Å². The molecule has 1 atom stereocenters. The Bertz CT molecular complexity index is 698. The molecule has 0 aliphatic carbocycles. The molecule has 0 saturated heterocycles. The minimum Gasteiger partial charge on any atom is -0.438 e. The zero-order chi connectivity index (χ0) is 17.5. The Labute approximate surface area is 154 Å². The molecule has 24 heavy (non-hydrogen) atoms. The number of hydrogen-bond acceptors (Lipinski definition) is 5. The smallest absolute Gasteiger partial charge is 0.241 e. The minimum absolute atomic E-state index is 0.208. The van der Waals surface area contributed by atoms with Gasteiger partial charge in [-0.15, -0.1) is 0 Å². The Hall–Kier alpha value is -1.47. The molecule has 2 aromatic rings. The second-order valence-corrected chi connectivity index (χ2v) is 6.77. The highest BCUT2D eigenvalue weighted by Crippen LogP contribution is 2.29. The van der Waals surface area contributed by atoms with Crippen molar-refractivity contribution in [3.63, 3.8) is 0 Å². The number of halogens is 2. The highest BCUT2D eigenvalue weighted by Gasteiger charge is 2.13. The second-order valence-electron chi connectivity index (χ2n) is 4.94. The van der Waals surface area contributed by atoms with Gasteiger partial charge in [0.2, 0.25) is 11.8 Å². The monoisotopic (exact) mass is 385 g/mol. The van der Waals surface area contributed by atoms with E-state index < -0.39 is 6.04 Å². The molecular weight excluding hydrogens is 369 g/mol. The van der Waals surface area contributed by atoms with Gasteiger partial charge in [0.1, 0.15) is 10.8 Å². The SMILES string of the molecule is CSCC[C@H](N)C(=O)Nc1ccc(Oc2ncc(Cl)cc2Cl)cc1. The number of nitrogens with two attached hydrogens (primary N) is 1. The van der Waals surface area contributed by atoms with E-state index in [1.807, 2.05) is 6.26 Å². The zero-order valence-electron chi connectivity index (χ0n) is 13.0. The number of amides is 1. The average Bonchev–Trinajstić information content (AvgIpc) is 2.56. The Balaban J connectivity index is 1.96. The maximum absolute atomic E-state index is 12.0. The number of carbonyl (C=O) groups is 1. The third kappa shape index (κ3) is 5.56. The van der Waals surface area contributed by atoms with Gasteiger partial charge >= 0.3 is 0 Å². The van der Waals surface area contributed by atoms with Crippen LogP contribution in [0.2, 0.25) is 10.0 Å². The third-order valence-corrected chi connectivity index (χ3v) is 4.20. The van der Waals surface area contributed by atoms with E-state index in [1.54, 1.807) is 42.1 Å². The van der Waals surface area contributed by atoms with Crippen molar-refractivity contribution in [3.05, 3.63) is 46.6 Å². The molecule has 128 valence electrons. The van der Waals surface area contributed by atoms with Gasteiger partial charge in [0.25, 0.3) is 0 Å². The summed E-state index contributed by atoms with van der Waals surface area (Å²) in [5, 5.41) is 3.53. The molecule has 0 bridgehead atoms. The van der Waals surface area contributed by atoms with E-state index in [4.69, 9.17) is 33.7 Å². The summed E-state index contributed by atoms with van der Waals surface area (Å²) in [7, 11) is 0. The largest absolute Gasteiger partial charge is 0.438 e. The molecule has 2 rings (SSSR count). The summed E-state index contributed by atoms with van der Waals surface area (Å²) in [6.45, 7) is 0. The molecule has 0 aliphatic heterocycles. The maximum atomic E-state index is 12.0. The Kier molecular flexibility index (Phi) is 7.17. The number of benzene rings is 1. The molecule has 0 fully saturated rings. The lowest BCUT2D eigenvalue weighted by molar-refractivity contribution is -0.117. The fourth-order valence-electron chi connectivity index (χ4n) is 1.81. The van der Waals surface area contributed by atoms with Crippen molar-refractivity contribution in [1.82, 2.24) is 4.98 Å². The predicted octanol–water partition coefficient (Wildman–Crippen LogP) is 4.20. The molecule has 1 heterocycles. The predicted molar refractivity (Wildman–Crippen MR) is 100 cm³/mol. The minimum atomic E-state index is -0.523. The van der Waals surface area contributed by atoms with Crippen LogP contribution < -0.4 is 15.8 Å². The number of rotatable bonds is 7. The van der Waals surface area contributed by atoms with Crippen LogP contribution in [0.15, 0.2) is 36.5 Å². The van der Waals surface area contributed by atoms with Crippen molar-refractivity contribution < 1.29 is 9.53 Å². The number of ether oxygens (including phenoxy) is 1. The lowest BCUT2D eigenvalue weighted by Gasteiger charge is -2.12. The second kappa shape index (κ2) is 9.13. The van der Waals surface area contributed by atoms with Gasteiger partial charge in [-0.3, -0.25) is 4.79 Å². The van der Waals surface area contributed by atoms with Crippen LogP contribution >= 0.6 is 35.0 Å². The molecule has 8 heteroatoms. The van der Waals surface area contributed by atoms with E-state index in [0.29, 0.717) is 27.9 Å². The van der Waals surface area contributed by atoms with Crippen LogP contribution in [0.5, 0.6) is 11.6 Å². The van der Waals surface area contributed by atoms with Crippen LogP contribution in [-0.2, 0) is 4.79 Å². The Morgan fingerprint density at radius 2 is 2.08 bits per heavy atom. The number of aromatic nitrogens is 1. The van der Waals surface area contributed by atoms with Crippen LogP contribution in [0.1, 0.15) is 6.42 Å². The first kappa shape index (κ1) is 18.9. The summed E-state index contributed by atoms with van der Waals surface area (Å²) in [5.41, 5.74) is 6.47. The van der Waals surface area contributed by atoms with Gasteiger partial charge in [-0.2, -0.15) is 11.8 Å². The number of nitrogens with zero attached hydrogens (tertiary/aromatic N) is 1. The van der Waals surface area contributed by atoms with E-state index >= 15 is 0 Å². The van der Waals surface area contributed by atoms with Gasteiger partial charge < -0.3 is 15.8 Å². The lowest BCUT2D eigenvalue weighted by atomic mass is 10.2. The molecule has 1 aromatic heterocycles. The topological polar surface area (TPSA) is 77.2 Å². The molecule has 0 radical (unpaired) electrons. The number of hydrogen-bond donors (Lipinski definition) is 2. The van der Waals surface area contributed by atoms with Gasteiger partial charge in [-0.25, -0.2) is 4.98 Å². The highest BCUT2D eigenvalue weighted by atomic mass is 35.5. The van der Waals surface area contributed by atoms with E-state index in [-0.39, 0.29) is 11.8 Å². The number of anilines is 1. The lowest BCUT2D eigenvalue weighted by Crippen LogP contribution is -2.36. The third-order valence-electron chi connectivity index (χ3n) is 3.08. The standard InChI is InChI=1S/C16H17Cl2N3O2S/c1-24-7-6-14(19)15(22)21-11-2-4-12(5-3-11)23-16-13(18)8-10(17)9-20-16/h2-5,8-9,14H,6-7,19H2,1H3,(H,21,22)/t14-/m0/s1. The van der Waals surface area contributed by atoms with Crippen LogP contribution in [0.4, 0.5) is 5.69 Å². The van der Waals surface area contributed by atoms with E-state index in [0.717, 1.165) is 5.75 Å². The summed E-state index contributed by atoms with van der Waals surface area (Å²) in [4.78, 5) is 16.0. The summed E-state index contributed by atoms with van der Waals surface area (Å²) >= 11 is 13.5. The normalized spacial score (nSPS) is 11.8. The van der Waals surface area contributed by atoms with Crippen molar-refractivity contribution in [2.75, 3.05) is 17.3 Å². The summed E-state index contributed by atoms with van der Waals surface area (Å²) in [6, 6.07) is 7.88. The zero-order valence-corrected chi connectivity index (χ0v) is 15.3. The van der Waals surface area contributed by atoms with Crippen LogP contribution in [0, 0.1) is 0 Å². The van der Waals surface area contributed by atoms with Crippen molar-refractivity contribution in [2.24, 2.45) is 5.73 Å². The highest BCUT2D eigenvalue weighted by molar-refractivity contribution is 7.98. The Morgan fingerprint density at radius 1 is 1.38 bits per heavy atom. The molecule has 0 saturated carbocycles. The van der Waals surface area contributed by atoms with Gasteiger partial charge in [0.05, 0.1) is 11.1 Å². The van der Waals surface area contributed by atoms with E-state index in [1.165, 1.54) is 6.20 Å². The molecule has 5 nitrogen and oxygen atoms in total. The maximum Gasteiger partial charge on any atom is 0.241 e. The van der Waals surface area contributed by atoms with Gasteiger partial charge in [0.15, 0.2) is 0 Å². The number of nitrogens with one attached hydrogen (secondary N) is 1. The van der Waals surface area contributed by atoms with Crippen molar-refractivity contribution >= 4 is 46.6 Å². The van der Waals surface area contributed by atoms with Crippen molar-refractivity contribution in [2.45, 2.75) is 12.5 Å². The summed E-state index contributed by atoms with van der Waals surface area (Å²) < 4.78 is 5.58. The summed E-state index contributed by atoms with van der Waals surface area (Å²) in [6.07, 6.45) is 4.06. The number of carbonyl (C=O) groups excluding carboxylic acids is 1. The van der Waals surface area contributed by atoms with Gasteiger partial charge in [-0.1, -0.05) is 23.2 Å². The molecule has 0 unspecified atom stereocenters. The average molecular weight is 386 g/mol.